The first-order valence-corrected chi connectivity index (χ1v) is 8.40. The zero-order valence-corrected chi connectivity index (χ0v) is 14.5. The zero-order valence-electron chi connectivity index (χ0n) is 14.5. The summed E-state index contributed by atoms with van der Waals surface area (Å²) >= 11 is 0. The van der Waals surface area contributed by atoms with Gasteiger partial charge < -0.3 is 10.5 Å². The average Bonchev–Trinajstić information content (AvgIpc) is 2.44. The fraction of sp³-hybridized carbons (Fsp3) is 0.684. The molecule has 1 aromatic rings. The van der Waals surface area contributed by atoms with Crippen molar-refractivity contribution < 1.29 is 4.74 Å². The van der Waals surface area contributed by atoms with Gasteiger partial charge in [-0.15, -0.1) is 0 Å². The minimum atomic E-state index is 0.178. The Hall–Kier alpha value is -1.02. The summed E-state index contributed by atoms with van der Waals surface area (Å²) in [7, 11) is 0. The second-order valence-electron chi connectivity index (χ2n) is 6.98. The summed E-state index contributed by atoms with van der Waals surface area (Å²) in [6.07, 6.45) is 5.37. The first kappa shape index (κ1) is 18.0. The first-order chi connectivity index (χ1) is 9.88. The summed E-state index contributed by atoms with van der Waals surface area (Å²) in [4.78, 5) is 0. The Morgan fingerprint density at radius 2 is 1.90 bits per heavy atom. The lowest BCUT2D eigenvalue weighted by molar-refractivity contribution is 0.313. The molecule has 120 valence electrons. The van der Waals surface area contributed by atoms with Crippen molar-refractivity contribution in [2.45, 2.75) is 78.2 Å². The van der Waals surface area contributed by atoms with Crippen molar-refractivity contribution in [2.24, 2.45) is 5.73 Å². The maximum Gasteiger partial charge on any atom is 0.122 e. The largest absolute Gasteiger partial charge is 0.493 e. The number of nitrogens with two attached hydrogens (primary N) is 1. The summed E-state index contributed by atoms with van der Waals surface area (Å²) < 4.78 is 5.91. The molecule has 0 aliphatic carbocycles. The van der Waals surface area contributed by atoms with Crippen LogP contribution in [0.3, 0.4) is 0 Å². The standard InChI is InChI=1S/C19H33NO/c1-6-13-21-18-12-11-16(19(3,4)5)14-15(18)9-8-10-17(20)7-2/h11-12,14,17H,6-10,13,20H2,1-5H3. The maximum absolute atomic E-state index is 6.02. The molecule has 0 saturated carbocycles. The van der Waals surface area contributed by atoms with E-state index in [-0.39, 0.29) is 5.41 Å². The molecular weight excluding hydrogens is 258 g/mol. The van der Waals surface area contributed by atoms with Crippen molar-refractivity contribution in [3.8, 4) is 5.75 Å². The summed E-state index contributed by atoms with van der Waals surface area (Å²) in [5, 5.41) is 0. The van der Waals surface area contributed by atoms with Crippen LogP contribution >= 0.6 is 0 Å². The van der Waals surface area contributed by atoms with Crippen LogP contribution in [0.5, 0.6) is 5.75 Å². The second-order valence-corrected chi connectivity index (χ2v) is 6.98. The van der Waals surface area contributed by atoms with Gasteiger partial charge in [-0.3, -0.25) is 0 Å². The van der Waals surface area contributed by atoms with Gasteiger partial charge in [0.15, 0.2) is 0 Å². The molecule has 0 bridgehead atoms. The molecule has 1 aromatic carbocycles. The van der Waals surface area contributed by atoms with Crippen molar-refractivity contribution in [3.05, 3.63) is 29.3 Å². The highest BCUT2D eigenvalue weighted by Gasteiger charge is 2.16. The number of aryl methyl sites for hydroxylation is 1. The fourth-order valence-corrected chi connectivity index (χ4v) is 2.35. The monoisotopic (exact) mass is 291 g/mol. The predicted molar refractivity (Wildman–Crippen MR) is 92.1 cm³/mol. The van der Waals surface area contributed by atoms with Gasteiger partial charge in [-0.1, -0.05) is 46.8 Å². The van der Waals surface area contributed by atoms with Crippen molar-refractivity contribution in [3.63, 3.8) is 0 Å². The number of rotatable bonds is 8. The van der Waals surface area contributed by atoms with Gasteiger partial charge in [0.05, 0.1) is 6.61 Å². The molecule has 0 aliphatic heterocycles. The van der Waals surface area contributed by atoms with Crippen molar-refractivity contribution in [1.29, 1.82) is 0 Å². The fourth-order valence-electron chi connectivity index (χ4n) is 2.35. The third-order valence-corrected chi connectivity index (χ3v) is 3.93. The van der Waals surface area contributed by atoms with Gasteiger partial charge in [0.25, 0.3) is 0 Å². The molecule has 2 N–H and O–H groups in total. The quantitative estimate of drug-likeness (QED) is 0.744. The first-order valence-electron chi connectivity index (χ1n) is 8.40. The van der Waals surface area contributed by atoms with E-state index in [2.05, 4.69) is 52.8 Å². The minimum absolute atomic E-state index is 0.178. The topological polar surface area (TPSA) is 35.2 Å². The van der Waals surface area contributed by atoms with E-state index in [9.17, 15) is 0 Å². The lowest BCUT2D eigenvalue weighted by Crippen LogP contribution is -2.18. The van der Waals surface area contributed by atoms with E-state index in [1.165, 1.54) is 11.1 Å². The molecule has 21 heavy (non-hydrogen) atoms. The van der Waals surface area contributed by atoms with Gasteiger partial charge in [-0.25, -0.2) is 0 Å². The summed E-state index contributed by atoms with van der Waals surface area (Å²) in [5.74, 6) is 1.05. The van der Waals surface area contributed by atoms with E-state index in [1.807, 2.05) is 0 Å². The highest BCUT2D eigenvalue weighted by Crippen LogP contribution is 2.29. The smallest absolute Gasteiger partial charge is 0.122 e. The van der Waals surface area contributed by atoms with Crippen LogP contribution in [0.2, 0.25) is 0 Å². The van der Waals surface area contributed by atoms with Gasteiger partial charge >= 0.3 is 0 Å². The summed E-state index contributed by atoms with van der Waals surface area (Å²) in [6, 6.07) is 7.00. The van der Waals surface area contributed by atoms with Gasteiger partial charge in [0, 0.05) is 6.04 Å². The molecular formula is C19H33NO. The van der Waals surface area contributed by atoms with Gasteiger partial charge in [-0.05, 0) is 54.7 Å². The normalized spacial score (nSPS) is 13.2. The molecule has 0 amide bonds. The predicted octanol–water partition coefficient (Wildman–Crippen LogP) is 4.83. The summed E-state index contributed by atoms with van der Waals surface area (Å²) in [5.41, 5.74) is 8.91. The number of hydrogen-bond acceptors (Lipinski definition) is 2. The molecule has 0 heterocycles. The van der Waals surface area contributed by atoms with Gasteiger partial charge in [-0.2, -0.15) is 0 Å². The number of benzene rings is 1. The molecule has 2 heteroatoms. The van der Waals surface area contributed by atoms with Crippen LogP contribution in [-0.2, 0) is 11.8 Å². The molecule has 0 radical (unpaired) electrons. The Morgan fingerprint density at radius 1 is 1.19 bits per heavy atom. The second kappa shape index (κ2) is 8.43. The minimum Gasteiger partial charge on any atom is -0.493 e. The van der Waals surface area contributed by atoms with Crippen LogP contribution in [-0.4, -0.2) is 12.6 Å². The van der Waals surface area contributed by atoms with E-state index in [0.29, 0.717) is 6.04 Å². The average molecular weight is 291 g/mol. The van der Waals surface area contributed by atoms with Crippen LogP contribution in [0.15, 0.2) is 18.2 Å². The van der Waals surface area contributed by atoms with Crippen molar-refractivity contribution in [1.82, 2.24) is 0 Å². The lowest BCUT2D eigenvalue weighted by atomic mass is 9.85. The van der Waals surface area contributed by atoms with Crippen LogP contribution in [0.1, 0.15) is 71.4 Å². The van der Waals surface area contributed by atoms with E-state index < -0.39 is 0 Å². The zero-order chi connectivity index (χ0) is 15.9. The van der Waals surface area contributed by atoms with Crippen LogP contribution in [0.4, 0.5) is 0 Å². The van der Waals surface area contributed by atoms with Crippen LogP contribution in [0.25, 0.3) is 0 Å². The molecule has 0 spiro atoms. The Labute approximate surface area is 131 Å². The Balaban J connectivity index is 2.83. The highest BCUT2D eigenvalue weighted by atomic mass is 16.5. The van der Waals surface area contributed by atoms with Crippen molar-refractivity contribution in [2.75, 3.05) is 6.61 Å². The number of hydrogen-bond donors (Lipinski definition) is 1. The van der Waals surface area contributed by atoms with Crippen molar-refractivity contribution >= 4 is 0 Å². The maximum atomic E-state index is 6.02. The van der Waals surface area contributed by atoms with E-state index in [4.69, 9.17) is 10.5 Å². The molecule has 0 saturated heterocycles. The van der Waals surface area contributed by atoms with Crippen LogP contribution < -0.4 is 10.5 Å². The van der Waals surface area contributed by atoms with Gasteiger partial charge in [0.1, 0.15) is 5.75 Å². The van der Waals surface area contributed by atoms with E-state index >= 15 is 0 Å². The third kappa shape index (κ3) is 6.09. The third-order valence-electron chi connectivity index (χ3n) is 3.93. The Bertz CT molecular complexity index is 420. The SMILES string of the molecule is CCCOc1ccc(C(C)(C)C)cc1CCCC(N)CC. The van der Waals surface area contributed by atoms with E-state index in [0.717, 1.165) is 44.5 Å². The number of ether oxygens (including phenoxy) is 1. The molecule has 0 aromatic heterocycles. The Morgan fingerprint density at radius 3 is 2.48 bits per heavy atom. The molecule has 0 aliphatic rings. The van der Waals surface area contributed by atoms with E-state index in [1.54, 1.807) is 0 Å². The lowest BCUT2D eigenvalue weighted by Gasteiger charge is -2.22. The molecule has 2 nitrogen and oxygen atoms in total. The highest BCUT2D eigenvalue weighted by molar-refractivity contribution is 5.39. The Kier molecular flexibility index (Phi) is 7.24. The summed E-state index contributed by atoms with van der Waals surface area (Å²) in [6.45, 7) is 11.9. The van der Waals surface area contributed by atoms with Crippen LogP contribution in [0, 0.1) is 0 Å². The van der Waals surface area contributed by atoms with Gasteiger partial charge in [0.2, 0.25) is 0 Å². The molecule has 1 unspecified atom stereocenters. The molecule has 1 rings (SSSR count). The molecule has 1 atom stereocenters. The molecule has 0 fully saturated rings.